The zero-order valence-electron chi connectivity index (χ0n) is 20.7. The van der Waals surface area contributed by atoms with Gasteiger partial charge in [0, 0.05) is 12.3 Å². The van der Waals surface area contributed by atoms with Crippen molar-refractivity contribution in [1.82, 2.24) is 0 Å². The van der Waals surface area contributed by atoms with Gasteiger partial charge < -0.3 is 4.74 Å². The molecular formula is C30H39F3O. The largest absolute Gasteiger partial charge is 0.494 e. The highest BCUT2D eigenvalue weighted by Gasteiger charge is 2.43. The number of methoxy groups -OCH3 is 1. The first-order valence-electron chi connectivity index (χ1n) is 13.2. The molecule has 0 heterocycles. The second kappa shape index (κ2) is 11.2. The Morgan fingerprint density at radius 3 is 2.00 bits per heavy atom. The summed E-state index contributed by atoms with van der Waals surface area (Å²) >= 11 is 0. The van der Waals surface area contributed by atoms with Crippen molar-refractivity contribution < 1.29 is 17.9 Å². The van der Waals surface area contributed by atoms with Gasteiger partial charge >= 0.3 is 0 Å². The molecule has 4 heteroatoms. The number of halogens is 3. The van der Waals surface area contributed by atoms with Crippen molar-refractivity contribution in [2.75, 3.05) is 7.11 Å². The lowest BCUT2D eigenvalue weighted by Crippen LogP contribution is -2.34. The summed E-state index contributed by atoms with van der Waals surface area (Å²) in [6.45, 7) is 2.18. The topological polar surface area (TPSA) is 9.23 Å². The lowest BCUT2D eigenvalue weighted by Gasteiger charge is -2.37. The van der Waals surface area contributed by atoms with Crippen LogP contribution in [0.1, 0.15) is 99.7 Å². The Hall–Kier alpha value is -1.97. The third kappa shape index (κ3) is 5.98. The van der Waals surface area contributed by atoms with E-state index in [1.165, 1.54) is 18.2 Å². The molecule has 2 fully saturated rings. The van der Waals surface area contributed by atoms with Gasteiger partial charge in [-0.1, -0.05) is 43.7 Å². The maximum absolute atomic E-state index is 15.3. The Morgan fingerprint density at radius 1 is 0.824 bits per heavy atom. The number of alkyl halides is 2. The molecule has 2 aliphatic carbocycles. The summed E-state index contributed by atoms with van der Waals surface area (Å²) < 4.78 is 49.6. The molecule has 2 saturated carbocycles. The number of hydrogen-bond acceptors (Lipinski definition) is 1. The third-order valence-corrected chi connectivity index (χ3v) is 8.37. The predicted molar refractivity (Wildman–Crippen MR) is 132 cm³/mol. The minimum atomic E-state index is -2.58. The number of aryl methyl sites for hydroxylation is 1. The molecule has 0 aromatic heterocycles. The molecule has 0 saturated heterocycles. The molecule has 0 amide bonds. The fraction of sp³-hybridized carbons (Fsp3) is 0.600. The van der Waals surface area contributed by atoms with E-state index < -0.39 is 11.8 Å². The molecule has 186 valence electrons. The molecule has 1 nitrogen and oxygen atoms in total. The maximum atomic E-state index is 15.3. The summed E-state index contributed by atoms with van der Waals surface area (Å²) in [7, 11) is 1.46. The van der Waals surface area contributed by atoms with Gasteiger partial charge in [-0.3, -0.25) is 0 Å². The molecule has 2 aromatic rings. The molecule has 34 heavy (non-hydrogen) atoms. The predicted octanol–water partition coefficient (Wildman–Crippen LogP) is 9.06. The highest BCUT2D eigenvalue weighted by atomic mass is 19.3. The van der Waals surface area contributed by atoms with E-state index in [0.29, 0.717) is 18.8 Å². The quantitative estimate of drug-likeness (QED) is 0.372. The van der Waals surface area contributed by atoms with Crippen LogP contribution in [0.5, 0.6) is 5.75 Å². The van der Waals surface area contributed by atoms with Crippen LogP contribution in [0, 0.1) is 17.7 Å². The molecule has 0 atom stereocenters. The zero-order chi connectivity index (χ0) is 24.1. The monoisotopic (exact) mass is 472 g/mol. The van der Waals surface area contributed by atoms with Crippen molar-refractivity contribution in [3.63, 3.8) is 0 Å². The van der Waals surface area contributed by atoms with Crippen molar-refractivity contribution >= 4 is 0 Å². The lowest BCUT2D eigenvalue weighted by molar-refractivity contribution is -0.0929. The second-order valence-corrected chi connectivity index (χ2v) is 10.6. The average molecular weight is 473 g/mol. The average Bonchev–Trinajstić information content (AvgIpc) is 2.85. The summed E-state index contributed by atoms with van der Waals surface area (Å²) in [5.41, 5.74) is 3.64. The highest BCUT2D eigenvalue weighted by molar-refractivity contribution is 5.31. The Morgan fingerprint density at radius 2 is 1.41 bits per heavy atom. The van der Waals surface area contributed by atoms with Gasteiger partial charge in [0.25, 0.3) is 5.92 Å². The Kier molecular flexibility index (Phi) is 8.26. The van der Waals surface area contributed by atoms with Crippen LogP contribution >= 0.6 is 0 Å². The van der Waals surface area contributed by atoms with Crippen molar-refractivity contribution in [3.8, 4) is 5.75 Å². The van der Waals surface area contributed by atoms with Crippen LogP contribution in [0.4, 0.5) is 13.2 Å². The van der Waals surface area contributed by atoms with Gasteiger partial charge in [-0.15, -0.1) is 0 Å². The fourth-order valence-electron chi connectivity index (χ4n) is 6.28. The zero-order valence-corrected chi connectivity index (χ0v) is 20.7. The smallest absolute Gasteiger partial charge is 0.251 e. The number of benzene rings is 2. The fourth-order valence-corrected chi connectivity index (χ4v) is 6.28. The number of rotatable bonds is 8. The van der Waals surface area contributed by atoms with Crippen molar-refractivity contribution in [2.45, 2.75) is 95.3 Å². The van der Waals surface area contributed by atoms with Gasteiger partial charge in [0.05, 0.1) is 7.11 Å². The van der Waals surface area contributed by atoms with Crippen molar-refractivity contribution in [3.05, 3.63) is 65.0 Å². The number of hydrogen-bond donors (Lipinski definition) is 0. The van der Waals surface area contributed by atoms with E-state index in [-0.39, 0.29) is 29.8 Å². The van der Waals surface area contributed by atoms with E-state index >= 15 is 8.78 Å². The standard InChI is InChI=1S/C30H39F3O/c1-3-4-21-5-9-23(10-6-21)24-13-16-27(17-14-24)30(32,33)20-22-7-11-25(12-8-22)26-15-18-29(34-2)28(31)19-26/h5-6,9-10,15,18-19,22,24-25,27H,3-4,7-8,11-14,16-17,20H2,1-2H3. The molecule has 0 bridgehead atoms. The minimum absolute atomic E-state index is 0.0116. The van der Waals surface area contributed by atoms with E-state index in [4.69, 9.17) is 4.74 Å². The van der Waals surface area contributed by atoms with Crippen LogP contribution in [0.3, 0.4) is 0 Å². The molecule has 2 aromatic carbocycles. The van der Waals surface area contributed by atoms with E-state index in [2.05, 4.69) is 31.2 Å². The Bertz CT molecular complexity index is 907. The van der Waals surface area contributed by atoms with E-state index in [9.17, 15) is 4.39 Å². The van der Waals surface area contributed by atoms with Crippen LogP contribution in [-0.2, 0) is 6.42 Å². The van der Waals surface area contributed by atoms with Crippen LogP contribution < -0.4 is 4.74 Å². The van der Waals surface area contributed by atoms with Gasteiger partial charge in [-0.25, -0.2) is 13.2 Å². The van der Waals surface area contributed by atoms with Crippen LogP contribution in [0.25, 0.3) is 0 Å². The maximum Gasteiger partial charge on any atom is 0.251 e. The minimum Gasteiger partial charge on any atom is -0.494 e. The first-order valence-corrected chi connectivity index (χ1v) is 13.2. The summed E-state index contributed by atoms with van der Waals surface area (Å²) in [5, 5.41) is 0. The van der Waals surface area contributed by atoms with Gasteiger partial charge in [0.15, 0.2) is 11.6 Å². The summed E-state index contributed by atoms with van der Waals surface area (Å²) in [4.78, 5) is 0. The van der Waals surface area contributed by atoms with Gasteiger partial charge in [0.2, 0.25) is 0 Å². The van der Waals surface area contributed by atoms with Crippen LogP contribution in [0.15, 0.2) is 42.5 Å². The Balaban J connectivity index is 1.26. The van der Waals surface area contributed by atoms with Gasteiger partial charge in [-0.05, 0) is 104 Å². The summed E-state index contributed by atoms with van der Waals surface area (Å²) in [5.74, 6) is -2.43. The molecule has 0 radical (unpaired) electrons. The van der Waals surface area contributed by atoms with Crippen LogP contribution in [-0.4, -0.2) is 13.0 Å². The van der Waals surface area contributed by atoms with Gasteiger partial charge in [-0.2, -0.15) is 0 Å². The number of ether oxygens (including phenoxy) is 1. The van der Waals surface area contributed by atoms with Crippen molar-refractivity contribution in [1.29, 1.82) is 0 Å². The van der Waals surface area contributed by atoms with E-state index in [0.717, 1.165) is 56.9 Å². The normalized spacial score (nSPS) is 25.8. The SMILES string of the molecule is CCCc1ccc(C2CCC(C(F)(F)CC3CCC(c4ccc(OC)c(F)c4)CC3)CC2)cc1. The first kappa shape index (κ1) is 25.1. The van der Waals surface area contributed by atoms with E-state index in [1.807, 2.05) is 6.07 Å². The molecular weight excluding hydrogens is 433 g/mol. The molecule has 0 aliphatic heterocycles. The van der Waals surface area contributed by atoms with Crippen LogP contribution in [0.2, 0.25) is 0 Å². The molecule has 0 unspecified atom stereocenters. The Labute approximate surface area is 203 Å². The third-order valence-electron chi connectivity index (χ3n) is 8.37. The second-order valence-electron chi connectivity index (χ2n) is 10.6. The summed E-state index contributed by atoms with van der Waals surface area (Å²) in [6.07, 6.45) is 8.52. The lowest BCUT2D eigenvalue weighted by atomic mass is 9.72. The molecule has 0 spiro atoms. The molecule has 4 rings (SSSR count). The molecule has 0 N–H and O–H groups in total. The van der Waals surface area contributed by atoms with E-state index in [1.54, 1.807) is 12.1 Å². The van der Waals surface area contributed by atoms with Gasteiger partial charge in [0.1, 0.15) is 0 Å². The van der Waals surface area contributed by atoms with Crippen molar-refractivity contribution in [2.24, 2.45) is 11.8 Å². The summed E-state index contributed by atoms with van der Waals surface area (Å²) in [6, 6.07) is 14.0. The molecule has 2 aliphatic rings. The highest BCUT2D eigenvalue weighted by Crippen LogP contribution is 2.47. The first-order chi connectivity index (χ1) is 16.4.